The van der Waals surface area contributed by atoms with Crippen LogP contribution >= 0.6 is 0 Å². The number of nitrogens with zero attached hydrogens (tertiary/aromatic N) is 4. The Balaban J connectivity index is 0.000000763. The Morgan fingerprint density at radius 1 is 0.506 bits per heavy atom. The molecule has 4 atom stereocenters. The van der Waals surface area contributed by atoms with E-state index in [1.165, 1.54) is 0 Å². The molecule has 10 rings (SSSR count). The van der Waals surface area contributed by atoms with Gasteiger partial charge in [-0.3, -0.25) is 9.59 Å². The molecule has 4 amide bonds. The number of rotatable bonds is 10. The van der Waals surface area contributed by atoms with Crippen LogP contribution in [0, 0.1) is 57.2 Å². The summed E-state index contributed by atoms with van der Waals surface area (Å²) in [7, 11) is 0. The number of imide groups is 1. The molecule has 0 radical (unpaired) electrons. The maximum absolute atomic E-state index is 15.7. The Labute approximate surface area is 537 Å². The van der Waals surface area contributed by atoms with Crippen molar-refractivity contribution in [3.8, 4) is 11.1 Å². The molecule has 0 saturated heterocycles. The van der Waals surface area contributed by atoms with Crippen LogP contribution in [0.5, 0.6) is 0 Å². The summed E-state index contributed by atoms with van der Waals surface area (Å²) in [5.41, 5.74) is 2.57. The van der Waals surface area contributed by atoms with E-state index in [-0.39, 0.29) is 99.3 Å². The van der Waals surface area contributed by atoms with Crippen LogP contribution in [0.25, 0.3) is 22.0 Å². The number of aliphatic imine (C=N–C) groups is 2. The Bertz CT molecular complexity index is 3600. The Morgan fingerprint density at radius 2 is 0.876 bits per heavy atom. The molecule has 2 N–H and O–H groups in total. The van der Waals surface area contributed by atoms with E-state index in [0.717, 1.165) is 25.7 Å². The van der Waals surface area contributed by atoms with Gasteiger partial charge in [0.05, 0.1) is 23.2 Å². The Hall–Kier alpha value is -7.90. The zero-order chi connectivity index (χ0) is 63.6. The minimum absolute atomic E-state index is 0. The van der Waals surface area contributed by atoms with Crippen molar-refractivity contribution in [2.45, 2.75) is 135 Å². The fourth-order valence-corrected chi connectivity index (χ4v) is 13.2. The first-order valence-corrected chi connectivity index (χ1v) is 30.8. The van der Waals surface area contributed by atoms with Crippen LogP contribution in [0.3, 0.4) is 0 Å². The van der Waals surface area contributed by atoms with Gasteiger partial charge < -0.3 is 45.0 Å². The van der Waals surface area contributed by atoms with Crippen molar-refractivity contribution in [3.05, 3.63) is 190 Å². The van der Waals surface area contributed by atoms with E-state index >= 15 is 9.59 Å². The Morgan fingerprint density at radius 3 is 1.29 bits per heavy atom. The van der Waals surface area contributed by atoms with Crippen molar-refractivity contribution < 1.29 is 57.7 Å². The first kappa shape index (κ1) is 67.0. The van der Waals surface area contributed by atoms with Crippen molar-refractivity contribution in [1.82, 2.24) is 10.3 Å². The fourth-order valence-electron chi connectivity index (χ4n) is 13.2. The average Bonchev–Trinajstić information content (AvgIpc) is 1.77. The maximum Gasteiger partial charge on any atom is 2.00 e. The molecule has 0 spiro atoms. The van der Waals surface area contributed by atoms with Crippen LogP contribution in [0.1, 0.15) is 180 Å². The van der Waals surface area contributed by atoms with E-state index in [4.69, 9.17) is 24.4 Å². The molecule has 2 fully saturated rings. The minimum atomic E-state index is -0.647. The smallest absolute Gasteiger partial charge is 0.587 e. The topological polar surface area (TPSA) is 198 Å². The predicted octanol–water partition coefficient (Wildman–Crippen LogP) is 16.2. The molecule has 0 bridgehead atoms. The van der Waals surface area contributed by atoms with Gasteiger partial charge in [-0.15, -0.1) is 0 Å². The standard InChI is InChI=1S/C66H81N5O6.C8H5NO2.Zn/c1-39-35-45(63(3,4)5)53(46(36-39)64(6,7)8)76-61(74)51-49(41-27-19-15-20-28-41)55(68-57(51)70-59(72)43-31-23-17-24-32-43)67-56-50(42-29-21-16-22-30-42)52(58(69-56)71-60(73)44-33-25-18-26-34-44)62(75)77-54-47(65(9,10)11)37-40(2)38-48(54)66(12,13)14;10-7-5-3-1-2-4-6(5)8(11)9-7;/h15-34,39-40,45-48,53-54H,35-38H2,1-14H3,(H3,67,68,69,70,71,72,73,74,75);1-4H,(H,9,10,11);/q;;+2/p-2. The van der Waals surface area contributed by atoms with Gasteiger partial charge in [0.1, 0.15) is 23.6 Å². The number of esters is 2. The molecule has 460 valence electrons. The molecule has 14 nitrogen and oxygen atoms in total. The molecule has 4 unspecified atom stereocenters. The summed E-state index contributed by atoms with van der Waals surface area (Å²) in [4.78, 5) is 97.1. The summed E-state index contributed by atoms with van der Waals surface area (Å²) >= 11 is 0. The van der Waals surface area contributed by atoms with Crippen molar-refractivity contribution in [2.24, 2.45) is 67.2 Å². The molecule has 2 aliphatic heterocycles. The van der Waals surface area contributed by atoms with Crippen LogP contribution in [0.15, 0.2) is 161 Å². The van der Waals surface area contributed by atoms with Crippen molar-refractivity contribution >= 4 is 64.4 Å². The number of aromatic nitrogens is 1. The molecular weight excluding hydrogens is 1170 g/mol. The average molecular weight is 1250 g/mol. The molecule has 4 aliphatic rings. The summed E-state index contributed by atoms with van der Waals surface area (Å²) in [6.07, 6.45) is 2.58. The van der Waals surface area contributed by atoms with Gasteiger partial charge in [-0.05, 0) is 82.4 Å². The molecule has 3 heterocycles. The van der Waals surface area contributed by atoms with Crippen molar-refractivity contribution in [1.29, 1.82) is 0 Å². The number of hydrogen-bond acceptors (Lipinski definition) is 9. The van der Waals surface area contributed by atoms with Gasteiger partial charge in [0.2, 0.25) is 5.91 Å². The summed E-state index contributed by atoms with van der Waals surface area (Å²) in [6.45, 7) is 31.0. The van der Waals surface area contributed by atoms with E-state index in [1.807, 2.05) is 72.8 Å². The van der Waals surface area contributed by atoms with Crippen LogP contribution in [-0.4, -0.2) is 59.4 Å². The largest absolute Gasteiger partial charge is 2.00 e. The quantitative estimate of drug-likeness (QED) is 0.0761. The molecule has 2 saturated carbocycles. The number of amides is 4. The van der Waals surface area contributed by atoms with Crippen LogP contribution in [0.2, 0.25) is 0 Å². The first-order valence-electron chi connectivity index (χ1n) is 30.8. The fraction of sp³-hybridized carbons (Fsp3) is 0.405. The number of amidine groups is 2. The second-order valence-electron chi connectivity index (χ2n) is 28.6. The van der Waals surface area contributed by atoms with Gasteiger partial charge in [0.25, 0.3) is 5.91 Å². The third-order valence-corrected chi connectivity index (χ3v) is 17.9. The number of anilines is 1. The number of hydrogen-bond donors (Lipinski definition) is 2. The van der Waals surface area contributed by atoms with Gasteiger partial charge in [-0.1, -0.05) is 230 Å². The molecular formula is C74H84N6O8Zn. The van der Waals surface area contributed by atoms with Crippen molar-refractivity contribution in [2.75, 3.05) is 5.32 Å². The third kappa shape index (κ3) is 15.2. The second-order valence-corrected chi connectivity index (χ2v) is 28.6. The number of nitrogens with one attached hydrogen (secondary N) is 2. The van der Waals surface area contributed by atoms with E-state index in [0.29, 0.717) is 56.4 Å². The monoisotopic (exact) mass is 1250 g/mol. The number of carbonyl (C=O) groups is 6. The van der Waals surface area contributed by atoms with Gasteiger partial charge in [0.15, 0.2) is 0 Å². The number of carbonyl (C=O) groups excluding carboxylic acids is 6. The zero-order valence-corrected chi connectivity index (χ0v) is 57.0. The third-order valence-electron chi connectivity index (χ3n) is 17.9. The van der Waals surface area contributed by atoms with Crippen LogP contribution in [0.4, 0.5) is 11.6 Å². The predicted molar refractivity (Wildman–Crippen MR) is 348 cm³/mol. The first-order chi connectivity index (χ1) is 41.5. The molecule has 5 aromatic carbocycles. The maximum atomic E-state index is 15.7. The van der Waals surface area contributed by atoms with E-state index in [1.54, 1.807) is 72.8 Å². The van der Waals surface area contributed by atoms with Gasteiger partial charge in [-0.2, -0.15) is 0 Å². The SMILES string of the molecule is CC1CC(C(C)(C)C)C(OC(=O)C2=C(c3ccccc3)/C(=N/c3[n-]c(NC(=O)c4ccccc4)c(C(=O)OC4C(C(C)(C)C)CC(C)CC4C(C)(C)C)c3-c3ccccc3)N=C2NC(=O)c2ccccc2)C(C(C)(C)C)C1.O=C1[N-]C(=O)c2ccccc21.[Zn+2]. The number of ether oxygens (including phenoxy) is 2. The summed E-state index contributed by atoms with van der Waals surface area (Å²) in [5, 5.41) is 9.27. The van der Waals surface area contributed by atoms with E-state index < -0.39 is 47.8 Å². The van der Waals surface area contributed by atoms with Crippen molar-refractivity contribution in [3.63, 3.8) is 0 Å². The molecule has 2 aliphatic carbocycles. The Kier molecular flexibility index (Phi) is 20.4. The number of fused-ring (bicyclic) bond motifs is 1. The minimum Gasteiger partial charge on any atom is -0.587 e. The zero-order valence-electron chi connectivity index (χ0n) is 54.1. The normalized spacial score (nSPS) is 22.4. The second kappa shape index (κ2) is 27.1. The molecule has 1 aromatic heterocycles. The van der Waals surface area contributed by atoms with Gasteiger partial charge >= 0.3 is 31.4 Å². The van der Waals surface area contributed by atoms with Crippen LogP contribution < -0.4 is 15.6 Å². The summed E-state index contributed by atoms with van der Waals surface area (Å²) in [6, 6.07) is 42.8. The van der Waals surface area contributed by atoms with E-state index in [2.05, 4.69) is 113 Å². The van der Waals surface area contributed by atoms with Crippen LogP contribution in [-0.2, 0) is 33.7 Å². The molecule has 15 heteroatoms. The molecule has 6 aromatic rings. The van der Waals surface area contributed by atoms with Gasteiger partial charge in [0, 0.05) is 68.7 Å². The number of benzene rings is 5. The van der Waals surface area contributed by atoms with E-state index in [9.17, 15) is 19.2 Å². The van der Waals surface area contributed by atoms with Gasteiger partial charge in [-0.25, -0.2) is 14.6 Å². The summed E-state index contributed by atoms with van der Waals surface area (Å²) in [5.74, 6) is -2.19. The summed E-state index contributed by atoms with van der Waals surface area (Å²) < 4.78 is 13.9. The molecule has 89 heavy (non-hydrogen) atoms.